The topological polar surface area (TPSA) is 115 Å². The number of hydrogen-bond acceptors (Lipinski definition) is 9. The molecular formula is C45H92N6O5. The highest BCUT2D eigenvalue weighted by atomic mass is 16.6. The average molecular weight is 797 g/mol. The van der Waals surface area contributed by atoms with Gasteiger partial charge in [0.2, 0.25) is 0 Å². The number of rotatable bonds is 25. The predicted molar refractivity (Wildman–Crippen MR) is 235 cm³/mol. The van der Waals surface area contributed by atoms with Gasteiger partial charge in [0.15, 0.2) is 0 Å². The van der Waals surface area contributed by atoms with E-state index in [0.29, 0.717) is 32.6 Å². The summed E-state index contributed by atoms with van der Waals surface area (Å²) < 4.78 is 11.6. The van der Waals surface area contributed by atoms with Crippen LogP contribution >= 0.6 is 0 Å². The van der Waals surface area contributed by atoms with Crippen molar-refractivity contribution in [2.24, 2.45) is 33.0 Å². The number of unbranched alkanes of at least 4 members (excludes halogenated alkanes) is 2. The first-order valence-corrected chi connectivity index (χ1v) is 21.5. The maximum Gasteiger partial charge on any atom is 0.407 e. The van der Waals surface area contributed by atoms with Gasteiger partial charge >= 0.3 is 12.2 Å². The fourth-order valence-corrected chi connectivity index (χ4v) is 7.23. The summed E-state index contributed by atoms with van der Waals surface area (Å²) in [5, 5.41) is 9.69. The minimum Gasteiger partial charge on any atom is -0.449 e. The first kappa shape index (κ1) is 54.0. The van der Waals surface area contributed by atoms with Gasteiger partial charge < -0.3 is 40.1 Å². The molecule has 2 amide bonds. The molecule has 0 bridgehead atoms. The molecule has 3 N–H and O–H groups in total. The zero-order valence-corrected chi connectivity index (χ0v) is 39.9. The second-order valence-corrected chi connectivity index (χ2v) is 23.1. The van der Waals surface area contributed by atoms with E-state index in [4.69, 9.17) is 9.47 Å². The Balaban J connectivity index is 5.79. The summed E-state index contributed by atoms with van der Waals surface area (Å²) in [6.45, 7) is 39.0. The van der Waals surface area contributed by atoms with E-state index < -0.39 is 18.1 Å². The van der Waals surface area contributed by atoms with E-state index >= 15 is 0 Å². The van der Waals surface area contributed by atoms with E-state index in [-0.39, 0.29) is 64.6 Å². The normalized spacial score (nSPS) is 14.4. The van der Waals surface area contributed by atoms with Crippen LogP contribution in [-0.4, -0.2) is 131 Å². The summed E-state index contributed by atoms with van der Waals surface area (Å²) in [4.78, 5) is 46.6. The fraction of sp³-hybridized carbons (Fsp3) is 0.933. The molecule has 0 radical (unpaired) electrons. The van der Waals surface area contributed by atoms with E-state index in [9.17, 15) is 14.4 Å². The Hall–Kier alpha value is -1.95. The van der Waals surface area contributed by atoms with Crippen LogP contribution in [0.15, 0.2) is 0 Å². The maximum atomic E-state index is 13.4. The molecule has 0 fully saturated rings. The number of amides is 2. The Morgan fingerprint density at radius 3 is 1.34 bits per heavy atom. The number of ether oxygens (including phenoxy) is 2. The van der Waals surface area contributed by atoms with Crippen LogP contribution < -0.4 is 16.0 Å². The van der Waals surface area contributed by atoms with Crippen molar-refractivity contribution in [3.8, 4) is 0 Å². The van der Waals surface area contributed by atoms with E-state index in [1.54, 1.807) is 0 Å². The Bertz CT molecular complexity index is 1090. The number of nitrogens with zero attached hydrogens (tertiary/aromatic N) is 3. The lowest BCUT2D eigenvalue weighted by Crippen LogP contribution is -2.51. The molecule has 0 aromatic carbocycles. The summed E-state index contributed by atoms with van der Waals surface area (Å²) in [6.07, 6.45) is 3.59. The molecular weight excluding hydrogens is 705 g/mol. The van der Waals surface area contributed by atoms with Crippen LogP contribution in [-0.2, 0) is 14.3 Å². The first-order valence-electron chi connectivity index (χ1n) is 21.5. The third-order valence-corrected chi connectivity index (χ3v) is 8.82. The molecule has 0 aliphatic rings. The standard InChI is InChI=1S/C45H92N6O5/c1-41(2,3)23-21-19-20-22-38(52)24-35(29-55-39(53)47-36(25-46-31-42(4,5)6)26-49(16)32-43(7,8)9)30-56-40(54)48-37(27-50(17)33-44(10,11)12)28-51(18)34-45(13,14)15/h35-37,46H,19-34H2,1-18H3,(H,47,53)(H,48,54). The van der Waals surface area contributed by atoms with Crippen LogP contribution in [0.1, 0.15) is 142 Å². The number of ketones is 1. The lowest BCUT2D eigenvalue weighted by atomic mass is 9.89. The van der Waals surface area contributed by atoms with E-state index in [1.807, 2.05) is 0 Å². The van der Waals surface area contributed by atoms with Crippen LogP contribution in [0.2, 0.25) is 0 Å². The fourth-order valence-electron chi connectivity index (χ4n) is 7.23. The van der Waals surface area contributed by atoms with E-state index in [0.717, 1.165) is 51.9 Å². The SMILES string of the molecule is CN(CC(CNCC(C)(C)C)NC(=O)OCC(COC(=O)NC(CN(C)CC(C)(C)C)CN(C)CC(C)(C)C)CC(=O)CCCCCC(C)(C)C)CC(C)(C)C. The van der Waals surface area contributed by atoms with Crippen molar-refractivity contribution in [3.63, 3.8) is 0 Å². The summed E-state index contributed by atoms with van der Waals surface area (Å²) in [6, 6.07) is -0.352. The van der Waals surface area contributed by atoms with Crippen LogP contribution in [0, 0.1) is 33.0 Å². The van der Waals surface area contributed by atoms with E-state index in [1.165, 1.54) is 0 Å². The number of likely N-dealkylation sites (N-methyl/N-ethyl adjacent to an activating group) is 3. The minimum atomic E-state index is -0.537. The van der Waals surface area contributed by atoms with Gasteiger partial charge in [-0.05, 0) is 61.1 Å². The molecule has 0 rings (SSSR count). The molecule has 2 atom stereocenters. The number of Topliss-reactive ketones (excluding diaryl/α,β-unsaturated/α-hetero) is 1. The number of hydrogen-bond donors (Lipinski definition) is 3. The van der Waals surface area contributed by atoms with Crippen LogP contribution in [0.3, 0.4) is 0 Å². The van der Waals surface area contributed by atoms with Crippen molar-refractivity contribution in [3.05, 3.63) is 0 Å². The summed E-state index contributed by atoms with van der Waals surface area (Å²) in [7, 11) is 6.23. The van der Waals surface area contributed by atoms with Crippen molar-refractivity contribution in [1.29, 1.82) is 0 Å². The van der Waals surface area contributed by atoms with E-state index in [2.05, 4.69) is 156 Å². The quantitative estimate of drug-likeness (QED) is 0.0785. The smallest absolute Gasteiger partial charge is 0.407 e. The lowest BCUT2D eigenvalue weighted by Gasteiger charge is -2.33. The molecule has 56 heavy (non-hydrogen) atoms. The minimum absolute atomic E-state index is 0.0256. The molecule has 0 saturated carbocycles. The van der Waals surface area contributed by atoms with Gasteiger partial charge in [-0.25, -0.2) is 9.59 Å². The van der Waals surface area contributed by atoms with Crippen molar-refractivity contribution >= 4 is 18.0 Å². The first-order chi connectivity index (χ1) is 25.3. The summed E-state index contributed by atoms with van der Waals surface area (Å²) in [5.41, 5.74) is 0.716. The molecule has 0 saturated heterocycles. The largest absolute Gasteiger partial charge is 0.449 e. The van der Waals surface area contributed by atoms with Gasteiger partial charge in [0.05, 0.1) is 25.3 Å². The number of carbonyl (C=O) groups is 3. The predicted octanol–water partition coefficient (Wildman–Crippen LogP) is 8.32. The Morgan fingerprint density at radius 1 is 0.536 bits per heavy atom. The molecule has 0 aliphatic heterocycles. The van der Waals surface area contributed by atoms with Gasteiger partial charge in [0.25, 0.3) is 0 Å². The van der Waals surface area contributed by atoms with Crippen molar-refractivity contribution < 1.29 is 23.9 Å². The van der Waals surface area contributed by atoms with Crippen molar-refractivity contribution in [2.45, 2.75) is 154 Å². The molecule has 0 aromatic heterocycles. The molecule has 0 spiro atoms. The molecule has 11 heteroatoms. The highest BCUT2D eigenvalue weighted by Crippen LogP contribution is 2.23. The molecule has 11 nitrogen and oxygen atoms in total. The number of carbonyl (C=O) groups excluding carboxylic acids is 3. The molecule has 0 heterocycles. The Labute approximate surface area is 345 Å². The van der Waals surface area contributed by atoms with Gasteiger partial charge in [-0.3, -0.25) is 4.79 Å². The van der Waals surface area contributed by atoms with Crippen LogP contribution in [0.5, 0.6) is 0 Å². The zero-order chi connectivity index (χ0) is 43.5. The van der Waals surface area contributed by atoms with Crippen LogP contribution in [0.4, 0.5) is 9.59 Å². The van der Waals surface area contributed by atoms with Gasteiger partial charge in [0, 0.05) is 71.1 Å². The maximum absolute atomic E-state index is 13.4. The highest BCUT2D eigenvalue weighted by molar-refractivity contribution is 5.78. The Morgan fingerprint density at radius 2 is 0.946 bits per heavy atom. The molecule has 332 valence electrons. The third-order valence-electron chi connectivity index (χ3n) is 8.82. The molecule has 0 aliphatic carbocycles. The number of nitrogens with one attached hydrogen (secondary N) is 3. The van der Waals surface area contributed by atoms with Crippen molar-refractivity contribution in [1.82, 2.24) is 30.7 Å². The second-order valence-electron chi connectivity index (χ2n) is 23.1. The molecule has 2 unspecified atom stereocenters. The Kier molecular flexibility index (Phi) is 24.0. The summed E-state index contributed by atoms with van der Waals surface area (Å²) >= 11 is 0. The summed E-state index contributed by atoms with van der Waals surface area (Å²) in [5.74, 6) is -0.363. The zero-order valence-electron chi connectivity index (χ0n) is 39.9. The van der Waals surface area contributed by atoms with Crippen LogP contribution in [0.25, 0.3) is 0 Å². The lowest BCUT2D eigenvalue weighted by molar-refractivity contribution is -0.120. The van der Waals surface area contributed by atoms with Gasteiger partial charge in [-0.2, -0.15) is 0 Å². The second kappa shape index (κ2) is 24.9. The monoisotopic (exact) mass is 797 g/mol. The van der Waals surface area contributed by atoms with Gasteiger partial charge in [0.1, 0.15) is 5.78 Å². The van der Waals surface area contributed by atoms with Gasteiger partial charge in [-0.15, -0.1) is 0 Å². The molecule has 0 aromatic rings. The highest BCUT2D eigenvalue weighted by Gasteiger charge is 2.26. The third kappa shape index (κ3) is 34.1. The number of alkyl carbamates (subject to hydrolysis) is 2. The average Bonchev–Trinajstić information content (AvgIpc) is 2.93. The van der Waals surface area contributed by atoms with Gasteiger partial charge in [-0.1, -0.05) is 117 Å². The van der Waals surface area contributed by atoms with Crippen molar-refractivity contribution in [2.75, 3.05) is 86.7 Å².